The van der Waals surface area contributed by atoms with Gasteiger partial charge in [0.15, 0.2) is 0 Å². The third kappa shape index (κ3) is 4.72. The second-order valence-corrected chi connectivity index (χ2v) is 6.15. The Morgan fingerprint density at radius 2 is 1.88 bits per heavy atom. The van der Waals surface area contributed by atoms with Crippen LogP contribution in [0.1, 0.15) is 59.2 Å². The lowest BCUT2D eigenvalue weighted by Crippen LogP contribution is -2.26. The normalized spacial score (nSPS) is 11.8. The molecule has 2 aromatic rings. The number of aromatic nitrogens is 1. The van der Waals surface area contributed by atoms with E-state index in [0.717, 1.165) is 22.4 Å². The van der Waals surface area contributed by atoms with Gasteiger partial charge in [-0.1, -0.05) is 30.3 Å². The van der Waals surface area contributed by atoms with E-state index in [-0.39, 0.29) is 17.9 Å². The van der Waals surface area contributed by atoms with Gasteiger partial charge in [0, 0.05) is 12.1 Å². The molecule has 1 aromatic carbocycles. The molecule has 0 bridgehead atoms. The van der Waals surface area contributed by atoms with Gasteiger partial charge in [0.1, 0.15) is 5.69 Å². The Kier molecular flexibility index (Phi) is 6.39. The number of amides is 1. The number of hydrogen-bond acceptors (Lipinski definition) is 3. The molecule has 0 spiro atoms. The molecule has 5 nitrogen and oxygen atoms in total. The van der Waals surface area contributed by atoms with Gasteiger partial charge in [-0.25, -0.2) is 4.79 Å². The maximum Gasteiger partial charge on any atom is 0.355 e. The van der Waals surface area contributed by atoms with E-state index < -0.39 is 0 Å². The third-order valence-corrected chi connectivity index (χ3v) is 4.35. The van der Waals surface area contributed by atoms with Crippen LogP contribution in [0.4, 0.5) is 0 Å². The van der Waals surface area contributed by atoms with Gasteiger partial charge in [0.05, 0.1) is 12.6 Å². The van der Waals surface area contributed by atoms with Crippen LogP contribution < -0.4 is 5.32 Å². The fourth-order valence-electron chi connectivity index (χ4n) is 2.95. The minimum absolute atomic E-state index is 0.00552. The van der Waals surface area contributed by atoms with Crippen LogP contribution in [-0.4, -0.2) is 23.5 Å². The minimum Gasteiger partial charge on any atom is -0.461 e. The topological polar surface area (TPSA) is 71.2 Å². The van der Waals surface area contributed by atoms with E-state index in [0.29, 0.717) is 25.1 Å². The smallest absolute Gasteiger partial charge is 0.355 e. The molecule has 5 heteroatoms. The summed E-state index contributed by atoms with van der Waals surface area (Å²) >= 11 is 0. The maximum atomic E-state index is 12.3. The van der Waals surface area contributed by atoms with Crippen molar-refractivity contribution in [2.24, 2.45) is 0 Å². The number of carbonyl (C=O) groups excluding carboxylic acids is 2. The molecule has 1 atom stereocenters. The van der Waals surface area contributed by atoms with Crippen molar-refractivity contribution >= 4 is 11.9 Å². The summed E-state index contributed by atoms with van der Waals surface area (Å²) in [6.07, 6.45) is 0.958. The molecule has 0 fully saturated rings. The van der Waals surface area contributed by atoms with E-state index in [2.05, 4.69) is 10.3 Å². The Labute approximate surface area is 148 Å². The molecule has 0 saturated carbocycles. The Bertz CT molecular complexity index is 735. The molecular formula is C20H26N2O3. The molecule has 134 valence electrons. The summed E-state index contributed by atoms with van der Waals surface area (Å²) in [4.78, 5) is 27.3. The molecule has 1 unspecified atom stereocenters. The van der Waals surface area contributed by atoms with E-state index in [1.54, 1.807) is 6.92 Å². The van der Waals surface area contributed by atoms with Crippen molar-refractivity contribution in [3.63, 3.8) is 0 Å². The number of aryl methyl sites for hydroxylation is 1. The molecule has 2 N–H and O–H groups in total. The number of H-pyrrole nitrogens is 1. The summed E-state index contributed by atoms with van der Waals surface area (Å²) < 4.78 is 5.05. The molecule has 0 saturated heterocycles. The van der Waals surface area contributed by atoms with E-state index in [1.807, 2.05) is 51.1 Å². The number of carbonyl (C=O) groups is 2. The summed E-state index contributed by atoms with van der Waals surface area (Å²) in [7, 11) is 0. The first kappa shape index (κ1) is 18.8. The third-order valence-electron chi connectivity index (χ3n) is 4.35. The van der Waals surface area contributed by atoms with Gasteiger partial charge in [-0.2, -0.15) is 0 Å². The lowest BCUT2D eigenvalue weighted by atomic mass is 10.0. The second kappa shape index (κ2) is 8.51. The first-order chi connectivity index (χ1) is 11.9. The summed E-state index contributed by atoms with van der Waals surface area (Å²) in [5.74, 6) is -0.356. The number of benzene rings is 1. The van der Waals surface area contributed by atoms with Crippen molar-refractivity contribution in [2.75, 3.05) is 6.61 Å². The number of rotatable bonds is 7. The van der Waals surface area contributed by atoms with Crippen LogP contribution in [0, 0.1) is 13.8 Å². The average molecular weight is 342 g/mol. The van der Waals surface area contributed by atoms with E-state index >= 15 is 0 Å². The van der Waals surface area contributed by atoms with Gasteiger partial charge in [0.2, 0.25) is 5.91 Å². The summed E-state index contributed by atoms with van der Waals surface area (Å²) in [5, 5.41) is 3.01. The van der Waals surface area contributed by atoms with Crippen LogP contribution in [0.15, 0.2) is 30.3 Å². The lowest BCUT2D eigenvalue weighted by molar-refractivity contribution is -0.121. The molecule has 0 aliphatic rings. The molecule has 25 heavy (non-hydrogen) atoms. The van der Waals surface area contributed by atoms with Crippen molar-refractivity contribution in [1.82, 2.24) is 10.3 Å². The molecule has 0 aliphatic heterocycles. The highest BCUT2D eigenvalue weighted by Gasteiger charge is 2.19. The van der Waals surface area contributed by atoms with Gasteiger partial charge in [-0.05, 0) is 50.8 Å². The fourth-order valence-corrected chi connectivity index (χ4v) is 2.95. The number of nitrogens with one attached hydrogen (secondary N) is 2. The van der Waals surface area contributed by atoms with Crippen molar-refractivity contribution < 1.29 is 14.3 Å². The SMILES string of the molecule is CCOC(=O)c1[nH]c(C)c(CCC(=O)NC(C)c2ccccc2)c1C. The quantitative estimate of drug-likeness (QED) is 0.755. The van der Waals surface area contributed by atoms with Crippen LogP contribution in [0.25, 0.3) is 0 Å². The molecule has 1 aromatic heterocycles. The van der Waals surface area contributed by atoms with E-state index in [4.69, 9.17) is 4.74 Å². The minimum atomic E-state index is -0.350. The standard InChI is InChI=1S/C20H26N2O3/c1-5-25-20(24)19-13(2)17(15(4)22-19)11-12-18(23)21-14(3)16-9-7-6-8-10-16/h6-10,14,22H,5,11-12H2,1-4H3,(H,21,23). The van der Waals surface area contributed by atoms with Crippen LogP contribution in [0.3, 0.4) is 0 Å². The van der Waals surface area contributed by atoms with E-state index in [9.17, 15) is 9.59 Å². The van der Waals surface area contributed by atoms with E-state index in [1.165, 1.54) is 0 Å². The molecule has 0 radical (unpaired) electrons. The molecule has 2 rings (SSSR count). The summed E-state index contributed by atoms with van der Waals surface area (Å²) in [6.45, 7) is 7.89. The van der Waals surface area contributed by atoms with Crippen molar-refractivity contribution in [3.05, 3.63) is 58.4 Å². The van der Waals surface area contributed by atoms with Crippen molar-refractivity contribution in [1.29, 1.82) is 0 Å². The Hall–Kier alpha value is -2.56. The van der Waals surface area contributed by atoms with Crippen molar-refractivity contribution in [3.8, 4) is 0 Å². The van der Waals surface area contributed by atoms with Gasteiger partial charge < -0.3 is 15.0 Å². The average Bonchev–Trinajstić information content (AvgIpc) is 2.88. The highest BCUT2D eigenvalue weighted by atomic mass is 16.5. The zero-order chi connectivity index (χ0) is 18.4. The van der Waals surface area contributed by atoms with Gasteiger partial charge in [-0.15, -0.1) is 0 Å². The molecule has 0 aliphatic carbocycles. The highest BCUT2D eigenvalue weighted by molar-refractivity contribution is 5.90. The summed E-state index contributed by atoms with van der Waals surface area (Å²) in [6, 6.07) is 9.84. The molecule has 1 heterocycles. The zero-order valence-electron chi connectivity index (χ0n) is 15.3. The number of ether oxygens (including phenoxy) is 1. The monoisotopic (exact) mass is 342 g/mol. The van der Waals surface area contributed by atoms with Gasteiger partial charge in [0.25, 0.3) is 0 Å². The van der Waals surface area contributed by atoms with Gasteiger partial charge in [-0.3, -0.25) is 4.79 Å². The van der Waals surface area contributed by atoms with Crippen LogP contribution in [0.5, 0.6) is 0 Å². The Balaban J connectivity index is 1.97. The summed E-state index contributed by atoms with van der Waals surface area (Å²) in [5.41, 5.74) is 4.33. The zero-order valence-corrected chi connectivity index (χ0v) is 15.3. The largest absolute Gasteiger partial charge is 0.461 e. The van der Waals surface area contributed by atoms with Crippen LogP contribution in [0.2, 0.25) is 0 Å². The van der Waals surface area contributed by atoms with Crippen LogP contribution in [-0.2, 0) is 16.0 Å². The van der Waals surface area contributed by atoms with Gasteiger partial charge >= 0.3 is 5.97 Å². The first-order valence-corrected chi connectivity index (χ1v) is 8.63. The molecule has 1 amide bonds. The Morgan fingerprint density at radius 1 is 1.20 bits per heavy atom. The lowest BCUT2D eigenvalue weighted by Gasteiger charge is -2.14. The van der Waals surface area contributed by atoms with Crippen molar-refractivity contribution in [2.45, 2.75) is 46.6 Å². The highest BCUT2D eigenvalue weighted by Crippen LogP contribution is 2.20. The fraction of sp³-hybridized carbons (Fsp3) is 0.400. The number of esters is 1. The predicted molar refractivity (Wildman–Crippen MR) is 97.5 cm³/mol. The number of hydrogen-bond donors (Lipinski definition) is 2. The first-order valence-electron chi connectivity index (χ1n) is 8.63. The Morgan fingerprint density at radius 3 is 2.52 bits per heavy atom. The maximum absolute atomic E-state index is 12.3. The van der Waals surface area contributed by atoms with Crippen LogP contribution >= 0.6 is 0 Å². The predicted octanol–water partition coefficient (Wildman–Crippen LogP) is 3.62. The molecular weight excluding hydrogens is 316 g/mol. The second-order valence-electron chi connectivity index (χ2n) is 6.15. The number of aromatic amines is 1.